The summed E-state index contributed by atoms with van der Waals surface area (Å²) in [5.41, 5.74) is 8.57. The van der Waals surface area contributed by atoms with Crippen molar-refractivity contribution in [2.24, 2.45) is 5.73 Å². The Hall–Kier alpha value is -1.55. The van der Waals surface area contributed by atoms with Crippen LogP contribution in [0.15, 0.2) is 18.2 Å². The molecule has 3 N–H and O–H groups in total. The average Bonchev–Trinajstić information content (AvgIpc) is 2.36. The topological polar surface area (TPSA) is 64.3 Å². The van der Waals surface area contributed by atoms with Crippen molar-refractivity contribution >= 4 is 5.91 Å². The first kappa shape index (κ1) is 13.9. The molecule has 1 aromatic rings. The molecule has 1 aliphatic rings. The number of rotatable bonds is 4. The van der Waals surface area contributed by atoms with Crippen molar-refractivity contribution in [3.8, 4) is 5.75 Å². The van der Waals surface area contributed by atoms with Crippen molar-refractivity contribution in [1.82, 2.24) is 5.32 Å². The number of benzene rings is 1. The van der Waals surface area contributed by atoms with Gasteiger partial charge in [0.15, 0.2) is 6.61 Å². The molecule has 1 aliphatic carbocycles. The highest BCUT2D eigenvalue weighted by Crippen LogP contribution is 2.30. The Morgan fingerprint density at radius 3 is 3.05 bits per heavy atom. The zero-order chi connectivity index (χ0) is 13.8. The lowest BCUT2D eigenvalue weighted by molar-refractivity contribution is -0.123. The normalized spacial score (nSPS) is 18.0. The van der Waals surface area contributed by atoms with Crippen LogP contribution >= 0.6 is 0 Å². The Bertz CT molecular complexity index is 457. The van der Waals surface area contributed by atoms with Gasteiger partial charge in [-0.1, -0.05) is 6.07 Å². The molecule has 104 valence electrons. The second kappa shape index (κ2) is 6.06. The standard InChI is InChI=1S/C15H22N2O2/c1-10(2)17-15(18)9-19-12-7-6-11-4-3-5-14(16)13(11)8-12/h6-8,10,14H,3-5,9,16H2,1-2H3,(H,17,18)/t14-/m1/s1. The van der Waals surface area contributed by atoms with Crippen LogP contribution in [0.1, 0.15) is 43.9 Å². The minimum atomic E-state index is -0.1000. The quantitative estimate of drug-likeness (QED) is 0.871. The number of amides is 1. The Balaban J connectivity index is 1.98. The lowest BCUT2D eigenvalue weighted by atomic mass is 9.88. The van der Waals surface area contributed by atoms with Crippen LogP contribution in [0.5, 0.6) is 5.75 Å². The minimum Gasteiger partial charge on any atom is -0.484 e. The molecule has 4 nitrogen and oxygen atoms in total. The van der Waals surface area contributed by atoms with Crippen molar-refractivity contribution in [3.63, 3.8) is 0 Å². The number of ether oxygens (including phenoxy) is 1. The summed E-state index contributed by atoms with van der Waals surface area (Å²) >= 11 is 0. The molecule has 0 saturated carbocycles. The van der Waals surface area contributed by atoms with Crippen molar-refractivity contribution in [2.45, 2.75) is 45.2 Å². The van der Waals surface area contributed by atoms with Gasteiger partial charge in [-0.05, 0) is 56.4 Å². The Morgan fingerprint density at radius 2 is 2.32 bits per heavy atom. The largest absolute Gasteiger partial charge is 0.484 e. The number of aryl methyl sites for hydroxylation is 1. The first-order valence-corrected chi connectivity index (χ1v) is 6.87. The SMILES string of the molecule is CC(C)NC(=O)COc1ccc2c(c1)[C@H](N)CCC2. The number of hydrogen-bond donors (Lipinski definition) is 2. The Kier molecular flexibility index (Phi) is 4.43. The van der Waals surface area contributed by atoms with Gasteiger partial charge in [0.25, 0.3) is 5.91 Å². The van der Waals surface area contributed by atoms with Crippen LogP contribution < -0.4 is 15.8 Å². The van der Waals surface area contributed by atoms with E-state index in [-0.39, 0.29) is 24.6 Å². The van der Waals surface area contributed by atoms with E-state index in [1.807, 2.05) is 26.0 Å². The molecule has 0 radical (unpaired) electrons. The van der Waals surface area contributed by atoms with E-state index in [0.717, 1.165) is 30.6 Å². The van der Waals surface area contributed by atoms with Gasteiger partial charge in [0, 0.05) is 12.1 Å². The lowest BCUT2D eigenvalue weighted by Crippen LogP contribution is -2.34. The molecular formula is C15H22N2O2. The third kappa shape index (κ3) is 3.70. The molecular weight excluding hydrogens is 240 g/mol. The van der Waals surface area contributed by atoms with Crippen molar-refractivity contribution in [2.75, 3.05) is 6.61 Å². The zero-order valence-corrected chi connectivity index (χ0v) is 11.6. The van der Waals surface area contributed by atoms with E-state index in [1.165, 1.54) is 5.56 Å². The summed E-state index contributed by atoms with van der Waals surface area (Å²) in [7, 11) is 0. The van der Waals surface area contributed by atoms with Crippen LogP contribution in [0.2, 0.25) is 0 Å². The van der Waals surface area contributed by atoms with E-state index in [4.69, 9.17) is 10.5 Å². The van der Waals surface area contributed by atoms with E-state index < -0.39 is 0 Å². The predicted octanol–water partition coefficient (Wildman–Crippen LogP) is 1.93. The van der Waals surface area contributed by atoms with E-state index in [1.54, 1.807) is 0 Å². The summed E-state index contributed by atoms with van der Waals surface area (Å²) in [5.74, 6) is 0.618. The van der Waals surface area contributed by atoms with Gasteiger partial charge in [-0.2, -0.15) is 0 Å². The van der Waals surface area contributed by atoms with Gasteiger partial charge in [-0.15, -0.1) is 0 Å². The number of fused-ring (bicyclic) bond motifs is 1. The Labute approximate surface area is 114 Å². The second-order valence-electron chi connectivity index (χ2n) is 5.37. The number of carbonyl (C=O) groups excluding carboxylic acids is 1. The predicted molar refractivity (Wildman–Crippen MR) is 75.1 cm³/mol. The van der Waals surface area contributed by atoms with Gasteiger partial charge in [-0.3, -0.25) is 4.79 Å². The van der Waals surface area contributed by atoms with E-state index >= 15 is 0 Å². The fourth-order valence-electron chi connectivity index (χ4n) is 2.42. The van der Waals surface area contributed by atoms with E-state index in [9.17, 15) is 4.79 Å². The van der Waals surface area contributed by atoms with Gasteiger partial charge in [0.2, 0.25) is 0 Å². The van der Waals surface area contributed by atoms with E-state index in [2.05, 4.69) is 11.4 Å². The molecule has 0 heterocycles. The fraction of sp³-hybridized carbons (Fsp3) is 0.533. The monoisotopic (exact) mass is 262 g/mol. The van der Waals surface area contributed by atoms with Crippen LogP contribution in [0.3, 0.4) is 0 Å². The van der Waals surface area contributed by atoms with Crippen LogP contribution in [0.25, 0.3) is 0 Å². The first-order chi connectivity index (χ1) is 9.06. The highest BCUT2D eigenvalue weighted by Gasteiger charge is 2.17. The zero-order valence-electron chi connectivity index (χ0n) is 11.6. The fourth-order valence-corrected chi connectivity index (χ4v) is 2.42. The molecule has 0 unspecified atom stereocenters. The first-order valence-electron chi connectivity index (χ1n) is 6.87. The van der Waals surface area contributed by atoms with Gasteiger partial charge >= 0.3 is 0 Å². The van der Waals surface area contributed by atoms with E-state index in [0.29, 0.717) is 0 Å². The molecule has 2 rings (SSSR count). The molecule has 1 amide bonds. The molecule has 0 bridgehead atoms. The molecule has 1 aromatic carbocycles. The summed E-state index contributed by atoms with van der Waals surface area (Å²) in [5, 5.41) is 2.80. The maximum Gasteiger partial charge on any atom is 0.258 e. The summed E-state index contributed by atoms with van der Waals surface area (Å²) in [6.07, 6.45) is 3.24. The second-order valence-corrected chi connectivity index (χ2v) is 5.37. The highest BCUT2D eigenvalue weighted by molar-refractivity contribution is 5.77. The average molecular weight is 262 g/mol. The highest BCUT2D eigenvalue weighted by atomic mass is 16.5. The van der Waals surface area contributed by atoms with Crippen LogP contribution in [-0.2, 0) is 11.2 Å². The molecule has 0 saturated heterocycles. The number of carbonyl (C=O) groups is 1. The molecule has 0 spiro atoms. The molecule has 0 aliphatic heterocycles. The van der Waals surface area contributed by atoms with Gasteiger partial charge in [0.1, 0.15) is 5.75 Å². The van der Waals surface area contributed by atoms with Crippen LogP contribution in [-0.4, -0.2) is 18.6 Å². The third-order valence-electron chi connectivity index (χ3n) is 3.30. The van der Waals surface area contributed by atoms with Crippen LogP contribution in [0, 0.1) is 0 Å². The van der Waals surface area contributed by atoms with Gasteiger partial charge in [-0.25, -0.2) is 0 Å². The van der Waals surface area contributed by atoms with Crippen molar-refractivity contribution in [3.05, 3.63) is 29.3 Å². The molecule has 4 heteroatoms. The maximum absolute atomic E-state index is 11.5. The number of nitrogens with one attached hydrogen (secondary N) is 1. The Morgan fingerprint density at radius 1 is 1.53 bits per heavy atom. The molecule has 0 aromatic heterocycles. The molecule has 1 atom stereocenters. The molecule has 0 fully saturated rings. The van der Waals surface area contributed by atoms with Crippen LogP contribution in [0.4, 0.5) is 0 Å². The van der Waals surface area contributed by atoms with Crippen molar-refractivity contribution < 1.29 is 9.53 Å². The summed E-state index contributed by atoms with van der Waals surface area (Å²) in [6.45, 7) is 3.90. The number of nitrogens with two attached hydrogens (primary N) is 1. The minimum absolute atomic E-state index is 0.0478. The van der Waals surface area contributed by atoms with Gasteiger partial charge in [0.05, 0.1) is 0 Å². The summed E-state index contributed by atoms with van der Waals surface area (Å²) in [4.78, 5) is 11.5. The van der Waals surface area contributed by atoms with Crippen molar-refractivity contribution in [1.29, 1.82) is 0 Å². The maximum atomic E-state index is 11.5. The smallest absolute Gasteiger partial charge is 0.258 e. The van der Waals surface area contributed by atoms with Gasteiger partial charge < -0.3 is 15.8 Å². The number of hydrogen-bond acceptors (Lipinski definition) is 3. The third-order valence-corrected chi connectivity index (χ3v) is 3.30. The molecule has 19 heavy (non-hydrogen) atoms. The summed E-state index contributed by atoms with van der Waals surface area (Å²) in [6, 6.07) is 6.18. The summed E-state index contributed by atoms with van der Waals surface area (Å²) < 4.78 is 5.52. The lowest BCUT2D eigenvalue weighted by Gasteiger charge is -2.22.